The smallest absolute Gasteiger partial charge is 0.257 e. The number of methoxy groups -OCH3 is 1. The highest BCUT2D eigenvalue weighted by Crippen LogP contribution is 2.37. The van der Waals surface area contributed by atoms with Gasteiger partial charge in [0.1, 0.15) is 0 Å². The van der Waals surface area contributed by atoms with Crippen LogP contribution in [0.3, 0.4) is 0 Å². The Morgan fingerprint density at radius 3 is 2.52 bits per heavy atom. The number of ketones is 1. The molecule has 144 valence electrons. The van der Waals surface area contributed by atoms with Crippen LogP contribution in [0.1, 0.15) is 26.5 Å². The monoisotopic (exact) mass is 406 g/mol. The van der Waals surface area contributed by atoms with Crippen LogP contribution in [0.4, 0.5) is 5.69 Å². The Hall–Kier alpha value is -3.64. The lowest BCUT2D eigenvalue weighted by molar-refractivity contribution is 0.101. The highest BCUT2D eigenvalue weighted by Gasteiger charge is 2.25. The maximum Gasteiger partial charge on any atom is 0.257 e. The number of amides is 1. The number of hydrogen-bond donors (Lipinski definition) is 1. The average Bonchev–Trinajstić information content (AvgIpc) is 3.13. The van der Waals surface area contributed by atoms with Gasteiger partial charge in [-0.15, -0.1) is 0 Å². The van der Waals surface area contributed by atoms with Gasteiger partial charge >= 0.3 is 0 Å². The third-order valence-electron chi connectivity index (χ3n) is 4.37. The summed E-state index contributed by atoms with van der Waals surface area (Å²) >= 11 is 5.92. The van der Waals surface area contributed by atoms with Crippen molar-refractivity contribution in [3.8, 4) is 5.75 Å². The molecule has 0 radical (unpaired) electrons. The predicted octanol–water partition coefficient (Wildman–Crippen LogP) is 4.97. The van der Waals surface area contributed by atoms with Crippen LogP contribution in [0.5, 0.6) is 5.75 Å². The fraction of sp³-hybridized carbons (Fsp3) is 0.0455. The topological polar surface area (TPSA) is 81.4 Å². The summed E-state index contributed by atoms with van der Waals surface area (Å²) in [4.78, 5) is 29.8. The first-order valence-corrected chi connectivity index (χ1v) is 9.07. The fourth-order valence-corrected chi connectivity index (χ4v) is 3.08. The third-order valence-corrected chi connectivity index (χ3v) is 4.63. The van der Waals surface area contributed by atoms with E-state index in [0.717, 1.165) is 0 Å². The standard InChI is InChI=1S/C22H15ClN2O4/c1-28-17-6-2-5-16-18(25-22(27)14-4-3-11-24-12-14)21(29-20(16)17)19(26)13-7-9-15(23)10-8-13/h2-12H,1H3,(H,25,27). The van der Waals surface area contributed by atoms with E-state index in [1.165, 1.54) is 13.3 Å². The number of carbonyl (C=O) groups is 2. The first kappa shape index (κ1) is 18.7. The molecule has 4 aromatic rings. The Morgan fingerprint density at radius 2 is 1.83 bits per heavy atom. The van der Waals surface area contributed by atoms with Crippen molar-refractivity contribution in [2.24, 2.45) is 0 Å². The number of nitrogens with one attached hydrogen (secondary N) is 1. The molecule has 4 rings (SSSR count). The summed E-state index contributed by atoms with van der Waals surface area (Å²) in [6.45, 7) is 0. The summed E-state index contributed by atoms with van der Waals surface area (Å²) in [7, 11) is 1.51. The highest BCUT2D eigenvalue weighted by molar-refractivity contribution is 6.30. The lowest BCUT2D eigenvalue weighted by Crippen LogP contribution is -2.14. The molecule has 0 aliphatic carbocycles. The number of hydrogen-bond acceptors (Lipinski definition) is 5. The number of halogens is 1. The van der Waals surface area contributed by atoms with E-state index >= 15 is 0 Å². The van der Waals surface area contributed by atoms with Crippen LogP contribution in [0, 0.1) is 0 Å². The summed E-state index contributed by atoms with van der Waals surface area (Å²) in [5, 5.41) is 3.85. The van der Waals surface area contributed by atoms with Crippen LogP contribution in [-0.2, 0) is 0 Å². The zero-order valence-corrected chi connectivity index (χ0v) is 16.1. The van der Waals surface area contributed by atoms with Gasteiger partial charge < -0.3 is 14.5 Å². The minimum Gasteiger partial charge on any atom is -0.493 e. The zero-order valence-electron chi connectivity index (χ0n) is 15.3. The molecule has 0 unspecified atom stereocenters. The van der Waals surface area contributed by atoms with E-state index in [4.69, 9.17) is 20.8 Å². The van der Waals surface area contributed by atoms with E-state index < -0.39 is 5.91 Å². The molecule has 0 aliphatic heterocycles. The van der Waals surface area contributed by atoms with Crippen LogP contribution in [0.25, 0.3) is 11.0 Å². The number of rotatable bonds is 5. The number of carbonyl (C=O) groups excluding carboxylic acids is 2. The average molecular weight is 407 g/mol. The largest absolute Gasteiger partial charge is 0.493 e. The van der Waals surface area contributed by atoms with E-state index in [9.17, 15) is 9.59 Å². The number of nitrogens with zero attached hydrogens (tertiary/aromatic N) is 1. The van der Waals surface area contributed by atoms with Gasteiger partial charge in [-0.3, -0.25) is 14.6 Å². The number of anilines is 1. The molecular weight excluding hydrogens is 392 g/mol. The summed E-state index contributed by atoms with van der Waals surface area (Å²) in [6, 6.07) is 14.9. The van der Waals surface area contributed by atoms with Crippen molar-refractivity contribution in [2.75, 3.05) is 12.4 Å². The molecule has 1 amide bonds. The SMILES string of the molecule is COc1cccc2c(NC(=O)c3cccnc3)c(C(=O)c3ccc(Cl)cc3)oc12. The quantitative estimate of drug-likeness (QED) is 0.473. The van der Waals surface area contributed by atoms with Gasteiger partial charge in [0.15, 0.2) is 17.1 Å². The highest BCUT2D eigenvalue weighted by atomic mass is 35.5. The minimum absolute atomic E-state index is 0.00376. The van der Waals surface area contributed by atoms with E-state index in [1.807, 2.05) is 0 Å². The van der Waals surface area contributed by atoms with Crippen molar-refractivity contribution >= 4 is 39.9 Å². The summed E-state index contributed by atoms with van der Waals surface area (Å²) in [5.74, 6) is -0.339. The molecule has 7 heteroatoms. The molecule has 0 fully saturated rings. The molecule has 0 saturated carbocycles. The van der Waals surface area contributed by atoms with Crippen LogP contribution in [0.2, 0.25) is 5.02 Å². The second kappa shape index (κ2) is 7.77. The van der Waals surface area contributed by atoms with Gasteiger partial charge in [0.05, 0.1) is 18.4 Å². The molecule has 2 aromatic carbocycles. The van der Waals surface area contributed by atoms with Crippen LogP contribution < -0.4 is 10.1 Å². The minimum atomic E-state index is -0.409. The molecule has 0 atom stereocenters. The van der Waals surface area contributed by atoms with Crippen LogP contribution in [0.15, 0.2) is 71.4 Å². The number of ether oxygens (including phenoxy) is 1. The second-order valence-electron chi connectivity index (χ2n) is 6.17. The Bertz CT molecular complexity index is 1200. The third kappa shape index (κ3) is 3.58. The fourth-order valence-electron chi connectivity index (χ4n) is 2.95. The maximum absolute atomic E-state index is 13.1. The number of para-hydroxylation sites is 1. The second-order valence-corrected chi connectivity index (χ2v) is 6.61. The molecule has 0 spiro atoms. The van der Waals surface area contributed by atoms with Gasteiger partial charge in [0, 0.05) is 28.4 Å². The summed E-state index contributed by atoms with van der Waals surface area (Å²) < 4.78 is 11.2. The van der Waals surface area contributed by atoms with E-state index in [-0.39, 0.29) is 17.2 Å². The van der Waals surface area contributed by atoms with Crippen LogP contribution >= 0.6 is 11.6 Å². The van der Waals surface area contributed by atoms with Gasteiger partial charge in [0.25, 0.3) is 5.91 Å². The van der Waals surface area contributed by atoms with Crippen LogP contribution in [-0.4, -0.2) is 23.8 Å². The zero-order chi connectivity index (χ0) is 20.4. The summed E-state index contributed by atoms with van der Waals surface area (Å²) in [5.41, 5.74) is 1.38. The molecule has 1 N–H and O–H groups in total. The van der Waals surface area contributed by atoms with Crippen molar-refractivity contribution in [3.63, 3.8) is 0 Å². The Morgan fingerprint density at radius 1 is 1.03 bits per heavy atom. The molecule has 6 nitrogen and oxygen atoms in total. The number of furan rings is 1. The summed E-state index contributed by atoms with van der Waals surface area (Å²) in [6.07, 6.45) is 3.02. The number of pyridine rings is 1. The first-order valence-electron chi connectivity index (χ1n) is 8.69. The van der Waals surface area contributed by atoms with Gasteiger partial charge in [-0.2, -0.15) is 0 Å². The van der Waals surface area contributed by atoms with Gasteiger partial charge in [-0.1, -0.05) is 17.7 Å². The van der Waals surface area contributed by atoms with Gasteiger partial charge in [-0.25, -0.2) is 0 Å². The van der Waals surface area contributed by atoms with Crippen molar-refractivity contribution in [1.29, 1.82) is 0 Å². The Kier molecular flexibility index (Phi) is 5.01. The van der Waals surface area contributed by atoms with Crippen molar-refractivity contribution in [3.05, 3.63) is 88.9 Å². The normalized spacial score (nSPS) is 10.7. The molecule has 2 aromatic heterocycles. The first-order chi connectivity index (χ1) is 14.1. The molecule has 29 heavy (non-hydrogen) atoms. The van der Waals surface area contributed by atoms with Gasteiger partial charge in [0.2, 0.25) is 5.78 Å². The molecular formula is C22H15ClN2O4. The Labute approximate surface area is 171 Å². The van der Waals surface area contributed by atoms with E-state index in [0.29, 0.717) is 32.9 Å². The number of fused-ring (bicyclic) bond motifs is 1. The van der Waals surface area contributed by atoms with E-state index in [1.54, 1.807) is 60.8 Å². The van der Waals surface area contributed by atoms with Crippen molar-refractivity contribution < 1.29 is 18.7 Å². The van der Waals surface area contributed by atoms with Crippen molar-refractivity contribution in [1.82, 2.24) is 4.98 Å². The molecule has 0 aliphatic rings. The predicted molar refractivity (Wildman–Crippen MR) is 110 cm³/mol. The Balaban J connectivity index is 1.84. The lowest BCUT2D eigenvalue weighted by atomic mass is 10.1. The van der Waals surface area contributed by atoms with E-state index in [2.05, 4.69) is 10.3 Å². The molecule has 0 saturated heterocycles. The molecule has 0 bridgehead atoms. The molecule has 2 heterocycles. The van der Waals surface area contributed by atoms with Crippen molar-refractivity contribution in [2.45, 2.75) is 0 Å². The maximum atomic E-state index is 13.1. The number of benzene rings is 2. The van der Waals surface area contributed by atoms with Gasteiger partial charge in [-0.05, 0) is 48.5 Å². The number of aromatic nitrogens is 1. The lowest BCUT2D eigenvalue weighted by Gasteiger charge is -2.06.